The van der Waals surface area contributed by atoms with E-state index >= 15 is 0 Å². The second-order valence-corrected chi connectivity index (χ2v) is 7.40. The van der Waals surface area contributed by atoms with Gasteiger partial charge >= 0.3 is 0 Å². The molecule has 1 aliphatic heterocycles. The highest BCUT2D eigenvalue weighted by Gasteiger charge is 2.30. The number of allylic oxidation sites excluding steroid dienone is 2. The van der Waals surface area contributed by atoms with Crippen LogP contribution in [0.25, 0.3) is 0 Å². The maximum atomic E-state index is 2.53. The molecule has 0 N–H and O–H groups in total. The third kappa shape index (κ3) is 3.10. The van der Waals surface area contributed by atoms with Crippen molar-refractivity contribution in [2.75, 3.05) is 0 Å². The Balaban J connectivity index is 2.23. The lowest BCUT2D eigenvalue weighted by molar-refractivity contribution is 0.477. The minimum Gasteiger partial charge on any atom is -0.0877 e. The molecule has 0 amide bonds. The fraction of sp³-hybridized carbons (Fsp3) is 0.500. The van der Waals surface area contributed by atoms with Gasteiger partial charge in [-0.2, -0.15) is 0 Å². The van der Waals surface area contributed by atoms with Gasteiger partial charge < -0.3 is 0 Å². The lowest BCUT2D eigenvalue weighted by Gasteiger charge is -2.35. The van der Waals surface area contributed by atoms with Crippen molar-refractivity contribution in [1.82, 2.24) is 0 Å². The van der Waals surface area contributed by atoms with Gasteiger partial charge in [0.2, 0.25) is 0 Å². The third-order valence-electron chi connectivity index (χ3n) is 3.99. The summed E-state index contributed by atoms with van der Waals surface area (Å²) >= 11 is 0. The van der Waals surface area contributed by atoms with Gasteiger partial charge in [0, 0.05) is 14.9 Å². The fourth-order valence-electron chi connectivity index (χ4n) is 2.98. The summed E-state index contributed by atoms with van der Waals surface area (Å²) in [5.41, 5.74) is 1.92. The lowest BCUT2D eigenvalue weighted by atomic mass is 9.75. The third-order valence-corrected chi connectivity index (χ3v) is 5.69. The Bertz CT molecular complexity index is 347. The van der Waals surface area contributed by atoms with Crippen LogP contribution in [0.3, 0.4) is 0 Å². The van der Waals surface area contributed by atoms with Gasteiger partial charge in [-0.25, -0.2) is 0 Å². The van der Waals surface area contributed by atoms with Crippen LogP contribution in [0.1, 0.15) is 38.2 Å². The molecule has 0 saturated carbocycles. The largest absolute Gasteiger partial charge is 0.0877 e. The predicted octanol–water partition coefficient (Wildman–Crippen LogP) is 4.08. The van der Waals surface area contributed by atoms with Crippen LogP contribution < -0.4 is 0 Å². The van der Waals surface area contributed by atoms with E-state index in [1.165, 1.54) is 37.8 Å². The normalized spacial score (nSPS) is 26.6. The minimum absolute atomic E-state index is 0.272. The van der Waals surface area contributed by atoms with E-state index in [1.807, 2.05) is 0 Å². The van der Waals surface area contributed by atoms with Crippen molar-refractivity contribution in [3.63, 3.8) is 0 Å². The molecule has 1 heteroatoms. The SMILES string of the molecule is CCC/C=C/C1(c2ccccc2)CC[SiH2]CC1. The first-order valence-corrected chi connectivity index (χ1v) is 9.11. The zero-order valence-corrected chi connectivity index (χ0v) is 12.4. The molecule has 1 aliphatic rings. The molecule has 1 fully saturated rings. The highest BCUT2D eigenvalue weighted by atomic mass is 28.2. The zero-order valence-electron chi connectivity index (χ0n) is 11.0. The highest BCUT2D eigenvalue weighted by Crippen LogP contribution is 2.39. The van der Waals surface area contributed by atoms with Crippen molar-refractivity contribution in [3.05, 3.63) is 48.0 Å². The first-order valence-electron chi connectivity index (χ1n) is 7.11. The number of hydrogen-bond acceptors (Lipinski definition) is 0. The molecular weight excluding hydrogens is 220 g/mol. The number of benzene rings is 1. The van der Waals surface area contributed by atoms with Crippen LogP contribution in [-0.4, -0.2) is 9.52 Å². The van der Waals surface area contributed by atoms with E-state index in [4.69, 9.17) is 0 Å². The van der Waals surface area contributed by atoms with Crippen molar-refractivity contribution in [2.45, 2.75) is 50.1 Å². The average Bonchev–Trinajstić information content (AvgIpc) is 2.41. The number of unbranched alkanes of at least 4 members (excludes halogenated alkanes) is 1. The van der Waals surface area contributed by atoms with Crippen LogP contribution in [0.2, 0.25) is 12.1 Å². The van der Waals surface area contributed by atoms with E-state index in [2.05, 4.69) is 49.4 Å². The van der Waals surface area contributed by atoms with Crippen LogP contribution in [0.15, 0.2) is 42.5 Å². The number of hydrogen-bond donors (Lipinski definition) is 0. The van der Waals surface area contributed by atoms with Crippen LogP contribution in [-0.2, 0) is 5.41 Å². The van der Waals surface area contributed by atoms with E-state index in [9.17, 15) is 0 Å². The summed E-state index contributed by atoms with van der Waals surface area (Å²) in [4.78, 5) is 0. The summed E-state index contributed by atoms with van der Waals surface area (Å²) in [6, 6.07) is 14.2. The quantitative estimate of drug-likeness (QED) is 0.553. The van der Waals surface area contributed by atoms with E-state index in [1.54, 1.807) is 5.56 Å². The molecule has 0 bridgehead atoms. The van der Waals surface area contributed by atoms with Crippen molar-refractivity contribution in [2.24, 2.45) is 0 Å². The molecule has 0 spiro atoms. The molecule has 1 heterocycles. The van der Waals surface area contributed by atoms with Gasteiger partial charge in [-0.05, 0) is 24.8 Å². The molecule has 92 valence electrons. The summed E-state index contributed by atoms with van der Waals surface area (Å²) in [5, 5.41) is 0. The Labute approximate surface area is 108 Å². The Hall–Kier alpha value is -0.823. The standard InChI is InChI=1S/C16H24Si/c1-2-3-7-10-16(11-13-17-14-12-16)15-8-5-4-6-9-15/h4-10H,2-3,11-14,17H2,1H3/b10-7+. The predicted molar refractivity (Wildman–Crippen MR) is 79.6 cm³/mol. The fourth-order valence-corrected chi connectivity index (χ4v) is 5.10. The lowest BCUT2D eigenvalue weighted by Crippen LogP contribution is -2.28. The molecule has 0 aliphatic carbocycles. The summed E-state index contributed by atoms with van der Waals surface area (Å²) in [7, 11) is 0.272. The summed E-state index contributed by atoms with van der Waals surface area (Å²) in [5.74, 6) is 0. The Morgan fingerprint density at radius 3 is 2.53 bits per heavy atom. The molecule has 1 aromatic rings. The van der Waals surface area contributed by atoms with Gasteiger partial charge in [0.15, 0.2) is 0 Å². The van der Waals surface area contributed by atoms with Crippen LogP contribution in [0.4, 0.5) is 0 Å². The Morgan fingerprint density at radius 2 is 1.88 bits per heavy atom. The Kier molecular flexibility index (Phi) is 4.61. The van der Waals surface area contributed by atoms with Gasteiger partial charge in [0.05, 0.1) is 0 Å². The second-order valence-electron chi connectivity index (χ2n) is 5.27. The van der Waals surface area contributed by atoms with Gasteiger partial charge in [-0.1, -0.05) is 67.9 Å². The molecule has 0 aromatic heterocycles. The van der Waals surface area contributed by atoms with Gasteiger partial charge in [0.25, 0.3) is 0 Å². The summed E-state index contributed by atoms with van der Waals surface area (Å²) in [6.07, 6.45) is 10.2. The van der Waals surface area contributed by atoms with Crippen molar-refractivity contribution in [3.8, 4) is 0 Å². The highest BCUT2D eigenvalue weighted by molar-refractivity contribution is 6.35. The molecule has 0 radical (unpaired) electrons. The van der Waals surface area contributed by atoms with Gasteiger partial charge in [-0.3, -0.25) is 0 Å². The van der Waals surface area contributed by atoms with Crippen molar-refractivity contribution < 1.29 is 0 Å². The van der Waals surface area contributed by atoms with Crippen molar-refractivity contribution in [1.29, 1.82) is 0 Å². The van der Waals surface area contributed by atoms with Crippen LogP contribution in [0.5, 0.6) is 0 Å². The molecule has 17 heavy (non-hydrogen) atoms. The number of rotatable bonds is 4. The second kappa shape index (κ2) is 6.20. The van der Waals surface area contributed by atoms with E-state index in [0.717, 1.165) is 0 Å². The average molecular weight is 244 g/mol. The molecule has 0 unspecified atom stereocenters. The summed E-state index contributed by atoms with van der Waals surface area (Å²) in [6.45, 7) is 2.26. The van der Waals surface area contributed by atoms with Gasteiger partial charge in [-0.15, -0.1) is 0 Å². The van der Waals surface area contributed by atoms with Crippen LogP contribution >= 0.6 is 0 Å². The van der Waals surface area contributed by atoms with Crippen LogP contribution in [0, 0.1) is 0 Å². The maximum Gasteiger partial charge on any atom is 0.0198 e. The van der Waals surface area contributed by atoms with E-state index < -0.39 is 0 Å². The zero-order chi connectivity index (χ0) is 12.0. The molecule has 0 nitrogen and oxygen atoms in total. The first-order chi connectivity index (χ1) is 8.37. The molecule has 1 aromatic carbocycles. The molecular formula is C16H24Si. The Morgan fingerprint density at radius 1 is 1.18 bits per heavy atom. The first kappa shape index (κ1) is 12.6. The molecule has 0 atom stereocenters. The minimum atomic E-state index is 0.272. The van der Waals surface area contributed by atoms with Crippen molar-refractivity contribution >= 4 is 9.52 Å². The smallest absolute Gasteiger partial charge is 0.0198 e. The topological polar surface area (TPSA) is 0 Å². The maximum absolute atomic E-state index is 2.53. The molecule has 1 saturated heterocycles. The van der Waals surface area contributed by atoms with E-state index in [0.29, 0.717) is 5.41 Å². The monoisotopic (exact) mass is 244 g/mol. The van der Waals surface area contributed by atoms with E-state index in [-0.39, 0.29) is 9.52 Å². The molecule has 2 rings (SSSR count). The van der Waals surface area contributed by atoms with Gasteiger partial charge in [0.1, 0.15) is 0 Å². The summed E-state index contributed by atoms with van der Waals surface area (Å²) < 4.78 is 0.